The van der Waals surface area contributed by atoms with Gasteiger partial charge in [-0.1, -0.05) is 13.3 Å². The molecule has 2 nitrogen and oxygen atoms in total. The van der Waals surface area contributed by atoms with Crippen molar-refractivity contribution < 1.29 is 5.11 Å². The molecule has 7 heavy (non-hydrogen) atoms. The van der Waals surface area contributed by atoms with E-state index in [1.807, 2.05) is 0 Å². The van der Waals surface area contributed by atoms with Crippen LogP contribution in [-0.2, 0) is 0 Å². The number of nitrogens with two attached hydrogens (primary N) is 1. The normalized spacial score (nSPS) is 14.1. The van der Waals surface area contributed by atoms with Gasteiger partial charge in [-0.15, -0.1) is 0 Å². The van der Waals surface area contributed by atoms with Crippen LogP contribution < -0.4 is 5.73 Å². The first-order chi connectivity index (χ1) is 3.31. The smallest absolute Gasteiger partial charge is 0.0582 e. The lowest BCUT2D eigenvalue weighted by molar-refractivity contribution is 0.259. The zero-order valence-corrected chi connectivity index (χ0v) is 4.72. The molecule has 0 aromatic rings. The Morgan fingerprint density at radius 3 is 2.43 bits per heavy atom. The van der Waals surface area contributed by atoms with Gasteiger partial charge in [-0.2, -0.15) is 0 Å². The lowest BCUT2D eigenvalue weighted by Gasteiger charge is -2.02. The summed E-state index contributed by atoms with van der Waals surface area (Å²) < 4.78 is 0. The van der Waals surface area contributed by atoms with E-state index in [1.165, 1.54) is 0 Å². The third-order valence-corrected chi connectivity index (χ3v) is 0.894. The fraction of sp³-hybridized carbons (Fsp3) is 1.00. The Hall–Kier alpha value is -0.0800. The SMILES string of the molecule is CCCC(N)CO. The molecule has 0 saturated heterocycles. The molecule has 0 saturated carbocycles. The molecule has 0 amide bonds. The highest BCUT2D eigenvalue weighted by atomic mass is 16.3. The fourth-order valence-corrected chi connectivity index (χ4v) is 0.462. The summed E-state index contributed by atoms with van der Waals surface area (Å²) in [6.07, 6.45) is 1.98. The van der Waals surface area contributed by atoms with Gasteiger partial charge in [0.05, 0.1) is 6.61 Å². The monoisotopic (exact) mass is 103 g/mol. The third kappa shape index (κ3) is 3.76. The van der Waals surface area contributed by atoms with Crippen LogP contribution in [0.4, 0.5) is 0 Å². The molecule has 44 valence electrons. The number of aliphatic hydroxyl groups is 1. The van der Waals surface area contributed by atoms with Crippen molar-refractivity contribution in [2.45, 2.75) is 25.8 Å². The average molecular weight is 103 g/mol. The molecule has 1 unspecified atom stereocenters. The van der Waals surface area contributed by atoms with Crippen molar-refractivity contribution >= 4 is 0 Å². The predicted octanol–water partition coefficient (Wildman–Crippen LogP) is 0.106. The summed E-state index contributed by atoms with van der Waals surface area (Å²) in [4.78, 5) is 0. The van der Waals surface area contributed by atoms with Gasteiger partial charge in [0.25, 0.3) is 0 Å². The van der Waals surface area contributed by atoms with Crippen LogP contribution in [-0.4, -0.2) is 17.8 Å². The summed E-state index contributed by atoms with van der Waals surface area (Å²) in [5.74, 6) is 0. The highest BCUT2D eigenvalue weighted by Crippen LogP contribution is 1.89. The molecule has 2 heteroatoms. The van der Waals surface area contributed by atoms with E-state index < -0.39 is 0 Å². The molecule has 0 fully saturated rings. The van der Waals surface area contributed by atoms with Crippen molar-refractivity contribution in [1.29, 1.82) is 0 Å². The predicted molar refractivity (Wildman–Crippen MR) is 30.0 cm³/mol. The molecule has 0 spiro atoms. The molecule has 0 aliphatic carbocycles. The van der Waals surface area contributed by atoms with E-state index in [-0.39, 0.29) is 12.6 Å². The van der Waals surface area contributed by atoms with Crippen LogP contribution >= 0.6 is 0 Å². The summed E-state index contributed by atoms with van der Waals surface area (Å²) in [5, 5.41) is 8.34. The minimum absolute atomic E-state index is 0.00463. The Morgan fingerprint density at radius 1 is 1.71 bits per heavy atom. The van der Waals surface area contributed by atoms with Gasteiger partial charge in [-0.05, 0) is 6.42 Å². The van der Waals surface area contributed by atoms with Crippen molar-refractivity contribution in [3.63, 3.8) is 0 Å². The fourth-order valence-electron chi connectivity index (χ4n) is 0.462. The van der Waals surface area contributed by atoms with Crippen molar-refractivity contribution in [2.24, 2.45) is 5.73 Å². The molecule has 0 aliphatic heterocycles. The molecule has 0 bridgehead atoms. The van der Waals surface area contributed by atoms with Gasteiger partial charge in [0.15, 0.2) is 0 Å². The minimum Gasteiger partial charge on any atom is -0.395 e. The van der Waals surface area contributed by atoms with Gasteiger partial charge in [0.1, 0.15) is 0 Å². The summed E-state index contributed by atoms with van der Waals surface area (Å²) >= 11 is 0. The first kappa shape index (κ1) is 6.92. The first-order valence-electron chi connectivity index (χ1n) is 2.67. The largest absolute Gasteiger partial charge is 0.395 e. The highest BCUT2D eigenvalue weighted by Gasteiger charge is 1.94. The van der Waals surface area contributed by atoms with Crippen molar-refractivity contribution in [3.8, 4) is 0 Å². The van der Waals surface area contributed by atoms with Gasteiger partial charge < -0.3 is 10.8 Å². The molecule has 0 aromatic carbocycles. The standard InChI is InChI=1S/C5H13NO/c1-2-3-5(6)4-7/h5,7H,2-4,6H2,1H3. The van der Waals surface area contributed by atoms with E-state index in [4.69, 9.17) is 10.8 Å². The maximum Gasteiger partial charge on any atom is 0.0582 e. The third-order valence-electron chi connectivity index (χ3n) is 0.894. The van der Waals surface area contributed by atoms with Crippen LogP contribution in [0.3, 0.4) is 0 Å². The number of aliphatic hydroxyl groups excluding tert-OH is 1. The number of hydrogen-bond donors (Lipinski definition) is 2. The van der Waals surface area contributed by atoms with Gasteiger partial charge in [-0.3, -0.25) is 0 Å². The Balaban J connectivity index is 2.83. The Bertz CT molecular complexity index is 39.1. The van der Waals surface area contributed by atoms with E-state index in [2.05, 4.69) is 6.92 Å². The maximum atomic E-state index is 8.34. The molecular weight excluding hydrogens is 90.1 g/mol. The molecule has 0 aliphatic rings. The van der Waals surface area contributed by atoms with E-state index in [0.29, 0.717) is 0 Å². The summed E-state index contributed by atoms with van der Waals surface area (Å²) in [6, 6.07) is 0.00463. The van der Waals surface area contributed by atoms with Gasteiger partial charge in [0.2, 0.25) is 0 Å². The first-order valence-corrected chi connectivity index (χ1v) is 2.67. The topological polar surface area (TPSA) is 46.2 Å². The second kappa shape index (κ2) is 4.09. The Labute approximate surface area is 44.3 Å². The second-order valence-electron chi connectivity index (χ2n) is 1.73. The summed E-state index contributed by atoms with van der Waals surface area (Å²) in [5.41, 5.74) is 5.33. The lowest BCUT2D eigenvalue weighted by Crippen LogP contribution is -2.23. The zero-order chi connectivity index (χ0) is 5.70. The Kier molecular flexibility index (Phi) is 4.04. The van der Waals surface area contributed by atoms with Crippen molar-refractivity contribution in [2.75, 3.05) is 6.61 Å². The van der Waals surface area contributed by atoms with E-state index in [0.717, 1.165) is 12.8 Å². The molecule has 0 rings (SSSR count). The van der Waals surface area contributed by atoms with Crippen LogP contribution in [0.2, 0.25) is 0 Å². The maximum absolute atomic E-state index is 8.34. The van der Waals surface area contributed by atoms with Gasteiger partial charge >= 0.3 is 0 Å². The quantitative estimate of drug-likeness (QED) is 0.532. The molecule has 1 atom stereocenters. The Morgan fingerprint density at radius 2 is 2.29 bits per heavy atom. The van der Waals surface area contributed by atoms with Crippen LogP contribution in [0.5, 0.6) is 0 Å². The van der Waals surface area contributed by atoms with Crippen LogP contribution in [0.15, 0.2) is 0 Å². The average Bonchev–Trinajstić information content (AvgIpc) is 1.68. The van der Waals surface area contributed by atoms with Crippen molar-refractivity contribution in [3.05, 3.63) is 0 Å². The molecule has 0 radical (unpaired) electrons. The van der Waals surface area contributed by atoms with E-state index in [1.54, 1.807) is 0 Å². The van der Waals surface area contributed by atoms with Crippen LogP contribution in [0.25, 0.3) is 0 Å². The number of hydrogen-bond acceptors (Lipinski definition) is 2. The van der Waals surface area contributed by atoms with Gasteiger partial charge in [-0.25, -0.2) is 0 Å². The number of rotatable bonds is 3. The molecular formula is C5H13NO. The lowest BCUT2D eigenvalue weighted by atomic mass is 10.2. The molecule has 0 heterocycles. The second-order valence-corrected chi connectivity index (χ2v) is 1.73. The highest BCUT2D eigenvalue weighted by molar-refractivity contribution is 4.55. The van der Waals surface area contributed by atoms with Gasteiger partial charge in [0, 0.05) is 6.04 Å². The molecule has 0 aromatic heterocycles. The zero-order valence-electron chi connectivity index (χ0n) is 4.72. The summed E-state index contributed by atoms with van der Waals surface area (Å²) in [6.45, 7) is 2.17. The van der Waals surface area contributed by atoms with E-state index in [9.17, 15) is 0 Å². The molecule has 3 N–H and O–H groups in total. The minimum atomic E-state index is 0.00463. The van der Waals surface area contributed by atoms with Crippen LogP contribution in [0.1, 0.15) is 19.8 Å². The summed E-state index contributed by atoms with van der Waals surface area (Å²) in [7, 11) is 0. The van der Waals surface area contributed by atoms with E-state index >= 15 is 0 Å². The van der Waals surface area contributed by atoms with Crippen LogP contribution in [0, 0.1) is 0 Å². The van der Waals surface area contributed by atoms with Crippen molar-refractivity contribution in [1.82, 2.24) is 0 Å².